The van der Waals surface area contributed by atoms with Gasteiger partial charge in [0.1, 0.15) is 5.75 Å². The van der Waals surface area contributed by atoms with E-state index in [1.165, 1.54) is 22.9 Å². The lowest BCUT2D eigenvalue weighted by molar-refractivity contribution is -0.118. The molecular weight excluding hydrogens is 432 g/mol. The molecule has 4 rings (SSSR count). The standard InChI is InChI=1S/C26H26N4O2S/c1-18-11-13-20(14-12-18)16-30-24-10-5-4-9-23(24)27-26(30)33-17-25(31)29-28-19(2)21-7-6-8-22(15-21)32-3/h4-15H,16-17H2,1-3H3,(H,29,31)/b28-19+. The van der Waals surface area contributed by atoms with E-state index in [0.29, 0.717) is 12.3 Å². The number of hydrogen-bond acceptors (Lipinski definition) is 5. The molecule has 0 aliphatic rings. The summed E-state index contributed by atoms with van der Waals surface area (Å²) < 4.78 is 7.40. The molecule has 0 bridgehead atoms. The molecule has 0 unspecified atom stereocenters. The van der Waals surface area contributed by atoms with Crippen LogP contribution in [0.15, 0.2) is 83.1 Å². The molecular formula is C26H26N4O2S. The van der Waals surface area contributed by atoms with Gasteiger partial charge in [-0.25, -0.2) is 10.4 Å². The molecule has 3 aromatic carbocycles. The first-order valence-electron chi connectivity index (χ1n) is 10.6. The number of nitrogens with zero attached hydrogens (tertiary/aromatic N) is 3. The number of thioether (sulfide) groups is 1. The summed E-state index contributed by atoms with van der Waals surface area (Å²) >= 11 is 1.41. The monoisotopic (exact) mass is 458 g/mol. The molecule has 0 radical (unpaired) electrons. The van der Waals surface area contributed by atoms with Crippen molar-refractivity contribution >= 4 is 34.4 Å². The first kappa shape index (κ1) is 22.6. The van der Waals surface area contributed by atoms with Crippen LogP contribution in [0.1, 0.15) is 23.6 Å². The molecule has 1 N–H and O–H groups in total. The largest absolute Gasteiger partial charge is 0.497 e. The van der Waals surface area contributed by atoms with Crippen molar-refractivity contribution in [3.63, 3.8) is 0 Å². The number of aromatic nitrogens is 2. The quantitative estimate of drug-likeness (QED) is 0.228. The SMILES string of the molecule is COc1cccc(/C(C)=N/NC(=O)CSc2nc3ccccc3n2Cc2ccc(C)cc2)c1. The van der Waals surface area contributed by atoms with Crippen LogP contribution < -0.4 is 10.2 Å². The van der Waals surface area contributed by atoms with Crippen molar-refractivity contribution in [1.29, 1.82) is 0 Å². The van der Waals surface area contributed by atoms with Gasteiger partial charge in [0.05, 0.1) is 36.2 Å². The number of amides is 1. The van der Waals surface area contributed by atoms with Crippen molar-refractivity contribution in [3.05, 3.63) is 89.5 Å². The Bertz CT molecular complexity index is 1300. The topological polar surface area (TPSA) is 68.5 Å². The van der Waals surface area contributed by atoms with Gasteiger partial charge in [-0.2, -0.15) is 5.10 Å². The highest BCUT2D eigenvalue weighted by molar-refractivity contribution is 7.99. The van der Waals surface area contributed by atoms with E-state index in [1.54, 1.807) is 7.11 Å². The fourth-order valence-corrected chi connectivity index (χ4v) is 4.22. The Kier molecular flexibility index (Phi) is 7.10. The molecule has 0 aliphatic heterocycles. The third-order valence-corrected chi connectivity index (χ3v) is 6.23. The Morgan fingerprint density at radius 3 is 2.67 bits per heavy atom. The molecule has 1 heterocycles. The number of ether oxygens (including phenoxy) is 1. The van der Waals surface area contributed by atoms with Crippen molar-refractivity contribution in [3.8, 4) is 5.75 Å². The van der Waals surface area contributed by atoms with Gasteiger partial charge in [0.2, 0.25) is 0 Å². The van der Waals surface area contributed by atoms with Gasteiger partial charge in [-0.15, -0.1) is 0 Å². The second kappa shape index (κ2) is 10.4. The molecule has 0 saturated carbocycles. The Labute approximate surface area is 197 Å². The smallest absolute Gasteiger partial charge is 0.250 e. The van der Waals surface area contributed by atoms with Crippen molar-refractivity contribution in [2.45, 2.75) is 25.5 Å². The molecule has 0 aliphatic carbocycles. The minimum Gasteiger partial charge on any atom is -0.497 e. The summed E-state index contributed by atoms with van der Waals surface area (Å²) in [5, 5.41) is 5.05. The fourth-order valence-electron chi connectivity index (χ4n) is 3.41. The number of fused-ring (bicyclic) bond motifs is 1. The Morgan fingerprint density at radius 2 is 1.88 bits per heavy atom. The zero-order chi connectivity index (χ0) is 23.2. The summed E-state index contributed by atoms with van der Waals surface area (Å²) in [5.74, 6) is 0.777. The number of rotatable bonds is 8. The molecule has 0 spiro atoms. The van der Waals surface area contributed by atoms with Gasteiger partial charge in [0, 0.05) is 5.56 Å². The van der Waals surface area contributed by atoms with Gasteiger partial charge in [-0.05, 0) is 43.7 Å². The van der Waals surface area contributed by atoms with Crippen LogP contribution in [0.25, 0.3) is 11.0 Å². The molecule has 0 atom stereocenters. The zero-order valence-electron chi connectivity index (χ0n) is 18.9. The number of hydrazone groups is 1. The normalized spacial score (nSPS) is 11.5. The van der Waals surface area contributed by atoms with Gasteiger partial charge in [0.25, 0.3) is 5.91 Å². The summed E-state index contributed by atoms with van der Waals surface area (Å²) in [7, 11) is 1.62. The number of benzene rings is 3. The van der Waals surface area contributed by atoms with Crippen LogP contribution in [-0.4, -0.2) is 34.0 Å². The maximum atomic E-state index is 12.5. The summed E-state index contributed by atoms with van der Waals surface area (Å²) in [4.78, 5) is 17.3. The molecule has 168 valence electrons. The molecule has 7 heteroatoms. The van der Waals surface area contributed by atoms with E-state index >= 15 is 0 Å². The predicted octanol–water partition coefficient (Wildman–Crippen LogP) is 5.03. The summed E-state index contributed by atoms with van der Waals surface area (Å²) in [6.45, 7) is 4.62. The fraction of sp³-hybridized carbons (Fsp3) is 0.192. The first-order valence-corrected chi connectivity index (χ1v) is 11.6. The van der Waals surface area contributed by atoms with Crippen LogP contribution >= 0.6 is 11.8 Å². The lowest BCUT2D eigenvalue weighted by Crippen LogP contribution is -2.21. The predicted molar refractivity (Wildman–Crippen MR) is 134 cm³/mol. The Hall–Kier alpha value is -3.58. The molecule has 1 aromatic heterocycles. The van der Waals surface area contributed by atoms with E-state index in [1.807, 2.05) is 49.4 Å². The van der Waals surface area contributed by atoms with E-state index in [9.17, 15) is 4.79 Å². The van der Waals surface area contributed by atoms with Crippen LogP contribution in [0.4, 0.5) is 0 Å². The van der Waals surface area contributed by atoms with E-state index in [2.05, 4.69) is 52.3 Å². The molecule has 1 amide bonds. The second-order valence-electron chi connectivity index (χ2n) is 7.71. The van der Waals surface area contributed by atoms with Gasteiger partial charge in [-0.1, -0.05) is 65.9 Å². The van der Waals surface area contributed by atoms with E-state index in [0.717, 1.165) is 27.5 Å². The number of para-hydroxylation sites is 2. The van der Waals surface area contributed by atoms with Crippen LogP contribution in [0.2, 0.25) is 0 Å². The Balaban J connectivity index is 1.46. The summed E-state index contributed by atoms with van der Waals surface area (Å²) in [6, 6.07) is 24.1. The minimum atomic E-state index is -0.184. The first-order chi connectivity index (χ1) is 16.0. The maximum absolute atomic E-state index is 12.5. The third-order valence-electron chi connectivity index (χ3n) is 5.25. The number of carbonyl (C=O) groups is 1. The highest BCUT2D eigenvalue weighted by Gasteiger charge is 2.13. The number of carbonyl (C=O) groups excluding carboxylic acids is 1. The van der Waals surface area contributed by atoms with Crippen LogP contribution in [0, 0.1) is 6.92 Å². The van der Waals surface area contributed by atoms with Crippen molar-refractivity contribution < 1.29 is 9.53 Å². The van der Waals surface area contributed by atoms with Crippen molar-refractivity contribution in [2.75, 3.05) is 12.9 Å². The second-order valence-corrected chi connectivity index (χ2v) is 8.65. The van der Waals surface area contributed by atoms with E-state index in [4.69, 9.17) is 9.72 Å². The highest BCUT2D eigenvalue weighted by Crippen LogP contribution is 2.25. The van der Waals surface area contributed by atoms with Crippen LogP contribution in [-0.2, 0) is 11.3 Å². The molecule has 6 nitrogen and oxygen atoms in total. The number of aryl methyl sites for hydroxylation is 1. The van der Waals surface area contributed by atoms with Crippen LogP contribution in [0.5, 0.6) is 5.75 Å². The summed E-state index contributed by atoms with van der Waals surface area (Å²) in [6.07, 6.45) is 0. The van der Waals surface area contributed by atoms with Crippen LogP contribution in [0.3, 0.4) is 0 Å². The van der Waals surface area contributed by atoms with Gasteiger partial charge >= 0.3 is 0 Å². The minimum absolute atomic E-state index is 0.184. The highest BCUT2D eigenvalue weighted by atomic mass is 32.2. The molecule has 0 fully saturated rings. The summed E-state index contributed by atoms with van der Waals surface area (Å²) in [5.41, 5.74) is 8.63. The van der Waals surface area contributed by atoms with E-state index in [-0.39, 0.29) is 11.7 Å². The lowest BCUT2D eigenvalue weighted by atomic mass is 10.1. The van der Waals surface area contributed by atoms with Gasteiger partial charge < -0.3 is 9.30 Å². The van der Waals surface area contributed by atoms with E-state index < -0.39 is 0 Å². The molecule has 4 aromatic rings. The number of nitrogens with one attached hydrogen (secondary N) is 1. The van der Waals surface area contributed by atoms with Crippen molar-refractivity contribution in [1.82, 2.24) is 15.0 Å². The molecule has 0 saturated heterocycles. The number of methoxy groups -OCH3 is 1. The van der Waals surface area contributed by atoms with Gasteiger partial charge in [0.15, 0.2) is 5.16 Å². The number of imidazole rings is 1. The van der Waals surface area contributed by atoms with Crippen molar-refractivity contribution in [2.24, 2.45) is 5.10 Å². The average molecular weight is 459 g/mol. The number of hydrogen-bond donors (Lipinski definition) is 1. The third kappa shape index (κ3) is 5.62. The lowest BCUT2D eigenvalue weighted by Gasteiger charge is -2.09. The average Bonchev–Trinajstić information content (AvgIpc) is 3.19. The maximum Gasteiger partial charge on any atom is 0.250 e. The molecule has 33 heavy (non-hydrogen) atoms. The zero-order valence-corrected chi connectivity index (χ0v) is 19.7. The van der Waals surface area contributed by atoms with Gasteiger partial charge in [-0.3, -0.25) is 4.79 Å². The Morgan fingerprint density at radius 1 is 1.09 bits per heavy atom.